The van der Waals surface area contributed by atoms with Gasteiger partial charge in [0.25, 0.3) is 0 Å². The van der Waals surface area contributed by atoms with E-state index in [4.69, 9.17) is 21.1 Å². The molecule has 0 atom stereocenters. The summed E-state index contributed by atoms with van der Waals surface area (Å²) < 4.78 is 33.6. The molecule has 1 aromatic rings. The van der Waals surface area contributed by atoms with E-state index in [9.17, 15) is 8.42 Å². The van der Waals surface area contributed by atoms with Gasteiger partial charge in [0.05, 0.1) is 9.92 Å². The minimum atomic E-state index is -3.50. The standard InChI is InChI=1S/C10H13ClO4S/c1-14-10(15-2)7-16(12,13)9-6-4-3-5-8(9)11/h3-6,10H,7H2,1-2H3. The largest absolute Gasteiger partial charge is 0.355 e. The Morgan fingerprint density at radius 1 is 1.25 bits per heavy atom. The maximum Gasteiger partial charge on any atom is 0.184 e. The fraction of sp³-hybridized carbons (Fsp3) is 0.400. The number of methoxy groups -OCH3 is 2. The summed E-state index contributed by atoms with van der Waals surface area (Å²) in [7, 11) is -0.726. The summed E-state index contributed by atoms with van der Waals surface area (Å²) in [6.07, 6.45) is -0.790. The van der Waals surface area contributed by atoms with Crippen molar-refractivity contribution in [3.63, 3.8) is 0 Å². The van der Waals surface area contributed by atoms with Crippen LogP contribution in [0.5, 0.6) is 0 Å². The van der Waals surface area contributed by atoms with Gasteiger partial charge < -0.3 is 9.47 Å². The molecule has 0 aliphatic carbocycles. The lowest BCUT2D eigenvalue weighted by molar-refractivity contribution is -0.0851. The highest BCUT2D eigenvalue weighted by Crippen LogP contribution is 2.22. The van der Waals surface area contributed by atoms with Crippen LogP contribution < -0.4 is 0 Å². The highest BCUT2D eigenvalue weighted by molar-refractivity contribution is 7.91. The van der Waals surface area contributed by atoms with Gasteiger partial charge in [0.2, 0.25) is 0 Å². The van der Waals surface area contributed by atoms with Crippen LogP contribution in [0.4, 0.5) is 0 Å². The first kappa shape index (κ1) is 13.4. The second-order valence-electron chi connectivity index (χ2n) is 3.11. The summed E-state index contributed by atoms with van der Waals surface area (Å²) in [4.78, 5) is 0.0933. The second-order valence-corrected chi connectivity index (χ2v) is 5.52. The van der Waals surface area contributed by atoms with E-state index in [2.05, 4.69) is 0 Å². The minimum absolute atomic E-state index is 0.0933. The zero-order valence-corrected chi connectivity index (χ0v) is 10.6. The molecule has 0 radical (unpaired) electrons. The van der Waals surface area contributed by atoms with Gasteiger partial charge in [-0.15, -0.1) is 0 Å². The van der Waals surface area contributed by atoms with Gasteiger partial charge in [-0.3, -0.25) is 0 Å². The molecule has 1 rings (SSSR count). The Kier molecular flexibility index (Phi) is 4.73. The van der Waals surface area contributed by atoms with Gasteiger partial charge in [0.1, 0.15) is 5.75 Å². The molecule has 90 valence electrons. The topological polar surface area (TPSA) is 52.6 Å². The molecule has 0 heterocycles. The monoisotopic (exact) mass is 264 g/mol. The Hall–Kier alpha value is -0.620. The van der Waals surface area contributed by atoms with Crippen LogP contribution in [0.3, 0.4) is 0 Å². The quantitative estimate of drug-likeness (QED) is 0.760. The molecule has 1 aromatic carbocycles. The third-order valence-electron chi connectivity index (χ3n) is 2.05. The molecular formula is C10H13ClO4S. The van der Waals surface area contributed by atoms with E-state index in [0.717, 1.165) is 0 Å². The maximum atomic E-state index is 11.9. The minimum Gasteiger partial charge on any atom is -0.355 e. The van der Waals surface area contributed by atoms with E-state index in [-0.39, 0.29) is 15.7 Å². The number of benzene rings is 1. The van der Waals surface area contributed by atoms with Crippen LogP contribution in [0.15, 0.2) is 29.2 Å². The van der Waals surface area contributed by atoms with Crippen LogP contribution in [0.25, 0.3) is 0 Å². The molecule has 0 amide bonds. The van der Waals surface area contributed by atoms with Gasteiger partial charge in [0, 0.05) is 14.2 Å². The van der Waals surface area contributed by atoms with Gasteiger partial charge in [-0.05, 0) is 12.1 Å². The van der Waals surface area contributed by atoms with Crippen LogP contribution in [0.2, 0.25) is 5.02 Å². The van der Waals surface area contributed by atoms with E-state index in [1.807, 2.05) is 0 Å². The van der Waals surface area contributed by atoms with E-state index in [0.29, 0.717) is 0 Å². The molecule has 0 saturated heterocycles. The van der Waals surface area contributed by atoms with Crippen molar-refractivity contribution >= 4 is 21.4 Å². The van der Waals surface area contributed by atoms with Crippen molar-refractivity contribution in [3.05, 3.63) is 29.3 Å². The van der Waals surface area contributed by atoms with Crippen LogP contribution >= 0.6 is 11.6 Å². The Bertz CT molecular complexity index is 440. The first-order valence-electron chi connectivity index (χ1n) is 4.54. The molecule has 0 saturated carbocycles. The van der Waals surface area contributed by atoms with Crippen molar-refractivity contribution in [2.75, 3.05) is 20.0 Å². The predicted molar refractivity (Wildman–Crippen MR) is 61.3 cm³/mol. The molecule has 0 N–H and O–H groups in total. The van der Waals surface area contributed by atoms with Crippen molar-refractivity contribution in [1.29, 1.82) is 0 Å². The van der Waals surface area contributed by atoms with E-state index < -0.39 is 16.1 Å². The fourth-order valence-corrected chi connectivity index (χ4v) is 3.15. The van der Waals surface area contributed by atoms with Crippen LogP contribution in [0, 0.1) is 0 Å². The van der Waals surface area contributed by atoms with Gasteiger partial charge in [0.15, 0.2) is 16.1 Å². The molecule has 0 aliphatic rings. The zero-order valence-electron chi connectivity index (χ0n) is 9.01. The summed E-state index contributed by atoms with van der Waals surface area (Å²) in [5, 5.41) is 0.202. The van der Waals surface area contributed by atoms with E-state index in [1.54, 1.807) is 12.1 Å². The first-order valence-corrected chi connectivity index (χ1v) is 6.57. The number of hydrogen-bond acceptors (Lipinski definition) is 4. The Balaban J connectivity index is 2.99. The number of rotatable bonds is 5. The van der Waals surface area contributed by atoms with Crippen molar-refractivity contribution in [3.8, 4) is 0 Å². The van der Waals surface area contributed by atoms with Gasteiger partial charge in [-0.2, -0.15) is 0 Å². The molecule has 0 bridgehead atoms. The Labute approximate surface area is 100 Å². The van der Waals surface area contributed by atoms with Crippen LogP contribution in [0.1, 0.15) is 0 Å². The van der Waals surface area contributed by atoms with Crippen molar-refractivity contribution in [1.82, 2.24) is 0 Å². The number of sulfone groups is 1. The SMILES string of the molecule is COC(CS(=O)(=O)c1ccccc1Cl)OC. The average molecular weight is 265 g/mol. The van der Waals surface area contributed by atoms with Crippen LogP contribution in [-0.2, 0) is 19.3 Å². The summed E-state index contributed by atoms with van der Waals surface area (Å²) in [6.45, 7) is 0. The number of ether oxygens (including phenoxy) is 2. The maximum absolute atomic E-state index is 11.9. The number of hydrogen-bond donors (Lipinski definition) is 0. The summed E-state index contributed by atoms with van der Waals surface area (Å²) in [6, 6.07) is 6.28. The third kappa shape index (κ3) is 3.18. The second kappa shape index (κ2) is 5.63. The third-order valence-corrected chi connectivity index (χ3v) is 4.23. The van der Waals surface area contributed by atoms with Crippen LogP contribution in [-0.4, -0.2) is 34.7 Å². The van der Waals surface area contributed by atoms with Crippen molar-refractivity contribution in [2.24, 2.45) is 0 Å². The molecule has 6 heteroatoms. The molecule has 0 unspecified atom stereocenters. The highest BCUT2D eigenvalue weighted by Gasteiger charge is 2.22. The van der Waals surface area contributed by atoms with Gasteiger partial charge in [-0.1, -0.05) is 23.7 Å². The summed E-state index contributed by atoms with van der Waals surface area (Å²) >= 11 is 5.82. The number of halogens is 1. The first-order chi connectivity index (χ1) is 7.51. The average Bonchev–Trinajstić information content (AvgIpc) is 2.26. The smallest absolute Gasteiger partial charge is 0.184 e. The van der Waals surface area contributed by atoms with Crippen molar-refractivity contribution in [2.45, 2.75) is 11.2 Å². The van der Waals surface area contributed by atoms with E-state index >= 15 is 0 Å². The molecule has 4 nitrogen and oxygen atoms in total. The van der Waals surface area contributed by atoms with Crippen molar-refractivity contribution < 1.29 is 17.9 Å². The lowest BCUT2D eigenvalue weighted by Gasteiger charge is -2.14. The molecule has 0 fully saturated rings. The highest BCUT2D eigenvalue weighted by atomic mass is 35.5. The molecule has 0 spiro atoms. The van der Waals surface area contributed by atoms with Gasteiger partial charge >= 0.3 is 0 Å². The molecule has 0 aromatic heterocycles. The summed E-state index contributed by atoms with van der Waals surface area (Å²) in [5.41, 5.74) is 0. The molecular weight excluding hydrogens is 252 g/mol. The Morgan fingerprint density at radius 2 is 1.81 bits per heavy atom. The van der Waals surface area contributed by atoms with Gasteiger partial charge in [-0.25, -0.2) is 8.42 Å². The molecule has 0 aliphatic heterocycles. The van der Waals surface area contributed by atoms with E-state index in [1.165, 1.54) is 26.4 Å². The normalized spacial score (nSPS) is 12.0. The molecule has 16 heavy (non-hydrogen) atoms. The lowest BCUT2D eigenvalue weighted by atomic mass is 10.4. The fourth-order valence-electron chi connectivity index (χ4n) is 1.20. The lowest BCUT2D eigenvalue weighted by Crippen LogP contribution is -2.24. The summed E-state index contributed by atoms with van der Waals surface area (Å²) in [5.74, 6) is -0.260. The Morgan fingerprint density at radius 3 is 2.31 bits per heavy atom. The predicted octanol–water partition coefficient (Wildman–Crippen LogP) is 1.73. The zero-order chi connectivity index (χ0) is 12.2.